The largest absolute Gasteiger partial charge is 0.524 e. The van der Waals surface area contributed by atoms with Crippen LogP contribution in [0, 0.1) is 0 Å². The molecule has 0 aromatic heterocycles. The first-order chi connectivity index (χ1) is 7.73. The van der Waals surface area contributed by atoms with Gasteiger partial charge in [-0.1, -0.05) is 6.92 Å². The third kappa shape index (κ3) is 5.20. The predicted octanol–water partition coefficient (Wildman–Crippen LogP) is -0.610. The molecule has 96 valence electrons. The van der Waals surface area contributed by atoms with E-state index in [9.17, 15) is 9.59 Å². The summed E-state index contributed by atoms with van der Waals surface area (Å²) in [5, 5.41) is 24.1. The van der Waals surface area contributed by atoms with Crippen molar-refractivity contribution in [2.45, 2.75) is 39.0 Å². The first kappa shape index (κ1) is 15.9. The molecular weight excluding hydrogens is 230 g/mol. The fourth-order valence-corrected chi connectivity index (χ4v) is 1.33. The van der Waals surface area contributed by atoms with Gasteiger partial charge >= 0.3 is 20.2 Å². The van der Waals surface area contributed by atoms with E-state index in [1.54, 1.807) is 6.92 Å². The molecule has 17 heavy (non-hydrogen) atoms. The van der Waals surface area contributed by atoms with Crippen LogP contribution in [0.1, 0.15) is 19.8 Å². The Morgan fingerprint density at radius 1 is 1.59 bits per heavy atom. The molecule has 0 aliphatic carbocycles. The average molecular weight is 246 g/mol. The van der Waals surface area contributed by atoms with Crippen molar-refractivity contribution >= 4 is 26.2 Å². The van der Waals surface area contributed by atoms with Crippen LogP contribution in [0.4, 0.5) is 0 Å². The molecule has 0 spiro atoms. The van der Waals surface area contributed by atoms with Crippen molar-refractivity contribution in [3.63, 3.8) is 0 Å². The van der Waals surface area contributed by atoms with E-state index in [4.69, 9.17) is 19.8 Å². The SMILES string of the molecule is CB(O)O.CCC1(C(=O)O)CC(=O)OB(C)O1. The zero-order valence-corrected chi connectivity index (χ0v) is 10.0. The topological polar surface area (TPSA) is 113 Å². The number of rotatable bonds is 2. The summed E-state index contributed by atoms with van der Waals surface area (Å²) in [5.41, 5.74) is -1.39. The van der Waals surface area contributed by atoms with Crippen molar-refractivity contribution in [2.24, 2.45) is 0 Å². The maximum atomic E-state index is 11.0. The monoisotopic (exact) mass is 246 g/mol. The Hall–Kier alpha value is -1.05. The Kier molecular flexibility index (Phi) is 6.22. The fourth-order valence-electron chi connectivity index (χ4n) is 1.33. The molecule has 0 amide bonds. The number of carboxylic acids is 1. The highest BCUT2D eigenvalue weighted by Gasteiger charge is 2.47. The number of carbonyl (C=O) groups is 2. The van der Waals surface area contributed by atoms with Crippen LogP contribution in [-0.4, -0.2) is 46.9 Å². The quantitative estimate of drug-likeness (QED) is 0.556. The Morgan fingerprint density at radius 2 is 2.06 bits per heavy atom. The molecule has 7 nitrogen and oxygen atoms in total. The van der Waals surface area contributed by atoms with Gasteiger partial charge in [0.15, 0.2) is 5.60 Å². The minimum absolute atomic E-state index is 0.219. The molecule has 0 saturated carbocycles. The van der Waals surface area contributed by atoms with Crippen LogP contribution in [0.15, 0.2) is 0 Å². The van der Waals surface area contributed by atoms with Gasteiger partial charge in [-0.3, -0.25) is 4.79 Å². The van der Waals surface area contributed by atoms with Crippen LogP contribution in [0.2, 0.25) is 13.6 Å². The van der Waals surface area contributed by atoms with Crippen molar-refractivity contribution in [3.05, 3.63) is 0 Å². The molecule has 1 atom stereocenters. The number of hydrogen-bond donors (Lipinski definition) is 3. The summed E-state index contributed by atoms with van der Waals surface area (Å²) in [6, 6.07) is 0. The van der Waals surface area contributed by atoms with E-state index in [1.807, 2.05) is 0 Å². The number of aliphatic carboxylic acids is 1. The Labute approximate surface area is 100 Å². The summed E-state index contributed by atoms with van der Waals surface area (Å²) in [4.78, 5) is 21.9. The van der Waals surface area contributed by atoms with E-state index >= 15 is 0 Å². The molecule has 0 aromatic carbocycles. The molecule has 1 saturated heterocycles. The van der Waals surface area contributed by atoms with Crippen LogP contribution in [0.5, 0.6) is 0 Å². The van der Waals surface area contributed by atoms with Gasteiger partial charge in [0.05, 0.1) is 6.42 Å². The first-order valence-corrected chi connectivity index (χ1v) is 5.20. The van der Waals surface area contributed by atoms with Gasteiger partial charge in [-0.05, 0) is 20.1 Å². The van der Waals surface area contributed by atoms with E-state index in [1.165, 1.54) is 13.6 Å². The van der Waals surface area contributed by atoms with E-state index in [0.717, 1.165) is 0 Å². The molecule has 0 aromatic rings. The second-order valence-corrected chi connectivity index (χ2v) is 3.64. The van der Waals surface area contributed by atoms with Gasteiger partial charge in [-0.15, -0.1) is 0 Å². The zero-order valence-electron chi connectivity index (χ0n) is 10.0. The molecule has 1 unspecified atom stereocenters. The number of hydrogen-bond acceptors (Lipinski definition) is 6. The van der Waals surface area contributed by atoms with E-state index in [-0.39, 0.29) is 12.8 Å². The highest BCUT2D eigenvalue weighted by Crippen LogP contribution is 2.27. The molecule has 1 fully saturated rings. The Balaban J connectivity index is 0.000000557. The highest BCUT2D eigenvalue weighted by atomic mass is 16.6. The minimum atomic E-state index is -1.39. The zero-order chi connectivity index (χ0) is 13.6. The highest BCUT2D eigenvalue weighted by molar-refractivity contribution is 6.46. The fraction of sp³-hybridized carbons (Fsp3) is 0.750. The third-order valence-corrected chi connectivity index (χ3v) is 2.08. The van der Waals surface area contributed by atoms with Gasteiger partial charge < -0.3 is 24.5 Å². The lowest BCUT2D eigenvalue weighted by Gasteiger charge is -2.33. The Bertz CT molecular complexity index is 280. The first-order valence-electron chi connectivity index (χ1n) is 5.20. The smallest absolute Gasteiger partial charge is 0.510 e. The second kappa shape index (κ2) is 6.63. The molecular formula is C8H16B2O7. The molecule has 3 N–H and O–H groups in total. The van der Waals surface area contributed by atoms with E-state index in [2.05, 4.69) is 4.65 Å². The van der Waals surface area contributed by atoms with Gasteiger partial charge in [0.1, 0.15) is 0 Å². The van der Waals surface area contributed by atoms with Crippen LogP contribution in [-0.2, 0) is 18.9 Å². The standard InChI is InChI=1S/C7H11BO5.CH5BO2/c1-3-7(6(10)11)4-5(9)12-8(2)13-7;1-2(3)4/h3-4H2,1-2H3,(H,10,11);3-4H,1H3. The maximum absolute atomic E-state index is 11.0. The molecule has 1 rings (SSSR count). The summed E-state index contributed by atoms with van der Waals surface area (Å²) < 4.78 is 9.78. The van der Waals surface area contributed by atoms with E-state index in [0.29, 0.717) is 0 Å². The van der Waals surface area contributed by atoms with Gasteiger partial charge in [-0.25, -0.2) is 4.79 Å². The number of carbonyl (C=O) groups excluding carboxylic acids is 1. The summed E-state index contributed by atoms with van der Waals surface area (Å²) >= 11 is 0. The van der Waals surface area contributed by atoms with Crippen LogP contribution in [0.3, 0.4) is 0 Å². The molecule has 9 heteroatoms. The van der Waals surface area contributed by atoms with Gasteiger partial charge in [0.2, 0.25) is 0 Å². The van der Waals surface area contributed by atoms with Crippen LogP contribution < -0.4 is 0 Å². The number of carboxylic acid groups (broad SMARTS) is 1. The van der Waals surface area contributed by atoms with Gasteiger partial charge in [-0.2, -0.15) is 0 Å². The predicted molar refractivity (Wildman–Crippen MR) is 60.1 cm³/mol. The molecule has 0 radical (unpaired) electrons. The third-order valence-electron chi connectivity index (χ3n) is 2.08. The summed E-state index contributed by atoms with van der Waals surface area (Å²) in [6.45, 7) is 4.45. The van der Waals surface area contributed by atoms with Gasteiger partial charge in [0, 0.05) is 0 Å². The maximum Gasteiger partial charge on any atom is 0.524 e. The lowest BCUT2D eigenvalue weighted by atomic mass is 9.85. The lowest BCUT2D eigenvalue weighted by molar-refractivity contribution is -0.170. The summed E-state index contributed by atoms with van der Waals surface area (Å²) in [7, 11) is -1.95. The van der Waals surface area contributed by atoms with Crippen molar-refractivity contribution in [1.29, 1.82) is 0 Å². The molecule has 1 heterocycles. The van der Waals surface area contributed by atoms with Crippen molar-refractivity contribution in [3.8, 4) is 0 Å². The Morgan fingerprint density at radius 3 is 2.35 bits per heavy atom. The summed E-state index contributed by atoms with van der Waals surface area (Å²) in [5.74, 6) is -1.64. The molecule has 0 bridgehead atoms. The molecule has 1 aliphatic rings. The van der Waals surface area contributed by atoms with Crippen LogP contribution >= 0.6 is 0 Å². The van der Waals surface area contributed by atoms with Gasteiger partial charge in [0.25, 0.3) is 5.97 Å². The van der Waals surface area contributed by atoms with Crippen LogP contribution in [0.25, 0.3) is 0 Å². The van der Waals surface area contributed by atoms with E-state index < -0.39 is 31.8 Å². The van der Waals surface area contributed by atoms with Crippen molar-refractivity contribution in [1.82, 2.24) is 0 Å². The lowest BCUT2D eigenvalue weighted by Crippen LogP contribution is -2.52. The van der Waals surface area contributed by atoms with Crippen molar-refractivity contribution in [2.75, 3.05) is 0 Å². The van der Waals surface area contributed by atoms with Crippen molar-refractivity contribution < 1.29 is 34.1 Å². The normalized spacial score (nSPS) is 23.4. The second-order valence-electron chi connectivity index (χ2n) is 3.64. The molecule has 1 aliphatic heterocycles. The minimum Gasteiger partial charge on any atom is -0.510 e. The summed E-state index contributed by atoms with van der Waals surface area (Å²) in [6.07, 6.45) is 0.0327. The average Bonchev–Trinajstić information content (AvgIpc) is 2.14.